The predicted molar refractivity (Wildman–Crippen MR) is 258 cm³/mol. The lowest BCUT2D eigenvalue weighted by Gasteiger charge is -2.30. The van der Waals surface area contributed by atoms with Gasteiger partial charge in [-0.1, -0.05) is 151 Å². The van der Waals surface area contributed by atoms with E-state index in [0.717, 1.165) is 35.1 Å². The van der Waals surface area contributed by atoms with E-state index in [-0.39, 0.29) is 17.1 Å². The molecule has 0 aromatic heterocycles. The second kappa shape index (κ2) is 22.2. The third-order valence-corrected chi connectivity index (χ3v) is 11.7. The number of unbranched alkanes of at least 4 members (excludes halogenated alkanes) is 2. The first-order valence-electron chi connectivity index (χ1n) is 22.3. The minimum Gasteiger partial charge on any atom is -0.312 e. The van der Waals surface area contributed by atoms with Crippen molar-refractivity contribution >= 4 is 46.7 Å². The summed E-state index contributed by atoms with van der Waals surface area (Å²) >= 11 is 0. The van der Waals surface area contributed by atoms with Crippen molar-refractivity contribution in [1.29, 1.82) is 0 Å². The van der Waals surface area contributed by atoms with Gasteiger partial charge in [0.1, 0.15) is 22.8 Å². The summed E-state index contributed by atoms with van der Waals surface area (Å²) in [5.74, 6) is -2.64. The van der Waals surface area contributed by atoms with E-state index < -0.39 is 29.3 Å². The highest BCUT2D eigenvalue weighted by molar-refractivity contribution is 6.48. The largest absolute Gasteiger partial charge is 0.365 e. The number of nitrogens with zero attached hydrogens (tertiary/aromatic N) is 4. The van der Waals surface area contributed by atoms with Crippen molar-refractivity contribution in [2.24, 2.45) is 20.6 Å². The molecule has 12 nitrogen and oxygen atoms in total. The van der Waals surface area contributed by atoms with Gasteiger partial charge in [0.25, 0.3) is 0 Å². The monoisotopic (exact) mass is 894 g/mol. The Morgan fingerprint density at radius 1 is 0.433 bits per heavy atom. The molecule has 0 unspecified atom stereocenters. The zero-order chi connectivity index (χ0) is 47.2. The van der Waals surface area contributed by atoms with Crippen molar-refractivity contribution in [2.75, 3.05) is 0 Å². The van der Waals surface area contributed by atoms with Crippen molar-refractivity contribution in [3.8, 4) is 11.1 Å². The predicted octanol–water partition coefficient (Wildman–Crippen LogP) is 11.9. The van der Waals surface area contributed by atoms with Crippen LogP contribution in [-0.4, -0.2) is 46.7 Å². The number of benzene rings is 6. The fraction of sp³-hybridized carbons (Fsp3) is 0.200. The number of rotatable bonds is 18. The molecule has 0 bridgehead atoms. The second-order valence-corrected chi connectivity index (χ2v) is 15.8. The van der Waals surface area contributed by atoms with Crippen LogP contribution in [0.2, 0.25) is 0 Å². The average molecular weight is 895 g/mol. The molecule has 0 saturated heterocycles. The van der Waals surface area contributed by atoms with Gasteiger partial charge in [0, 0.05) is 16.5 Å². The van der Waals surface area contributed by atoms with E-state index in [2.05, 4.69) is 41.4 Å². The molecule has 0 heterocycles. The highest BCUT2D eigenvalue weighted by Crippen LogP contribution is 2.53. The van der Waals surface area contributed by atoms with Gasteiger partial charge >= 0.3 is 23.9 Å². The fourth-order valence-corrected chi connectivity index (χ4v) is 8.08. The summed E-state index contributed by atoms with van der Waals surface area (Å²) in [6.45, 7) is 7.94. The summed E-state index contributed by atoms with van der Waals surface area (Å²) in [5.41, 5.74) is 6.75. The van der Waals surface area contributed by atoms with E-state index in [4.69, 9.17) is 19.4 Å². The molecule has 0 amide bonds. The Balaban J connectivity index is 1.30. The third kappa shape index (κ3) is 10.9. The molecule has 12 heteroatoms. The van der Waals surface area contributed by atoms with Crippen LogP contribution in [-0.2, 0) is 24.8 Å². The van der Waals surface area contributed by atoms with Gasteiger partial charge in [-0.05, 0) is 116 Å². The van der Waals surface area contributed by atoms with Crippen molar-refractivity contribution in [1.82, 2.24) is 0 Å². The first kappa shape index (κ1) is 46.9. The number of oxime groups is 4. The Bertz CT molecular complexity index is 2850. The van der Waals surface area contributed by atoms with Crippen molar-refractivity contribution < 1.29 is 38.5 Å². The molecule has 67 heavy (non-hydrogen) atoms. The maximum Gasteiger partial charge on any atom is 0.365 e. The Morgan fingerprint density at radius 3 is 1.21 bits per heavy atom. The molecule has 338 valence electrons. The number of hydrogen-bond acceptors (Lipinski definition) is 12. The van der Waals surface area contributed by atoms with Crippen LogP contribution in [0.4, 0.5) is 0 Å². The molecule has 0 N–H and O–H groups in total. The Kier molecular flexibility index (Phi) is 15.5. The quantitative estimate of drug-likeness (QED) is 0.0357. The number of fused-ring (bicyclic) bond motifs is 3. The SMILES string of the molecule is CCCCCC(=N\OC(=O)c1ccccc1)/C(=N\OC(=O)c1ccccc1)c1ccc2c(c1)C(CC)(CC)c1cc(C(=N/OC(=O)c3ccccc3)/C(C)=N/OC(=O)c3ccccc3)ccc1-2. The van der Waals surface area contributed by atoms with Crippen LogP contribution in [0.5, 0.6) is 0 Å². The summed E-state index contributed by atoms with van der Waals surface area (Å²) in [7, 11) is 0. The smallest absolute Gasteiger partial charge is 0.312 e. The van der Waals surface area contributed by atoms with Gasteiger partial charge in [0.05, 0.1) is 22.3 Å². The summed E-state index contributed by atoms with van der Waals surface area (Å²) in [5, 5.41) is 17.4. The van der Waals surface area contributed by atoms with E-state index in [9.17, 15) is 19.2 Å². The molecule has 0 saturated carbocycles. The molecule has 7 rings (SSSR count). The molecule has 1 aliphatic carbocycles. The summed E-state index contributed by atoms with van der Waals surface area (Å²) < 4.78 is 0. The highest BCUT2D eigenvalue weighted by atomic mass is 16.7. The number of hydrogen-bond donors (Lipinski definition) is 0. The molecular formula is C55H50N4O8. The van der Waals surface area contributed by atoms with Crippen LogP contribution in [0.3, 0.4) is 0 Å². The molecule has 0 aliphatic heterocycles. The van der Waals surface area contributed by atoms with Crippen LogP contribution in [0.25, 0.3) is 11.1 Å². The first-order valence-corrected chi connectivity index (χ1v) is 22.3. The lowest BCUT2D eigenvalue weighted by Crippen LogP contribution is -2.25. The zero-order valence-corrected chi connectivity index (χ0v) is 37.8. The average Bonchev–Trinajstić information content (AvgIpc) is 3.66. The highest BCUT2D eigenvalue weighted by Gasteiger charge is 2.41. The van der Waals surface area contributed by atoms with E-state index in [1.165, 1.54) is 0 Å². The standard InChI is InChI=1S/C55H50N4O8/c1-5-8-13-30-48(57-65-52(61)39-24-16-10-17-25-39)50(59-67-54(63)41-28-20-12-21-29-41)43-32-34-45-44-33-31-42(35-46(44)55(6-2,7-3)47(45)36-43)49(58-66-53(62)40-26-18-11-19-27-40)37(4)56-64-51(60)38-22-14-9-15-23-38/h9-12,14-29,31-36H,5-8,13,30H2,1-4H3/b56-37+,57-48+,58-49+,59-50-. The van der Waals surface area contributed by atoms with Crippen molar-refractivity contribution in [3.05, 3.63) is 202 Å². The maximum absolute atomic E-state index is 13.4. The molecule has 1 aliphatic rings. The van der Waals surface area contributed by atoms with Crippen LogP contribution in [0.15, 0.2) is 178 Å². The van der Waals surface area contributed by atoms with Gasteiger partial charge in [0.2, 0.25) is 0 Å². The van der Waals surface area contributed by atoms with Crippen molar-refractivity contribution in [3.63, 3.8) is 0 Å². The van der Waals surface area contributed by atoms with Crippen LogP contribution in [0.1, 0.15) is 130 Å². The fourth-order valence-electron chi connectivity index (χ4n) is 8.08. The maximum atomic E-state index is 13.4. The van der Waals surface area contributed by atoms with Gasteiger partial charge in [-0.3, -0.25) is 0 Å². The third-order valence-electron chi connectivity index (χ3n) is 11.7. The lowest BCUT2D eigenvalue weighted by atomic mass is 9.73. The minimum absolute atomic E-state index is 0.179. The summed E-state index contributed by atoms with van der Waals surface area (Å²) in [4.78, 5) is 74.7. The zero-order valence-electron chi connectivity index (χ0n) is 37.8. The molecule has 0 fully saturated rings. The Hall–Kier alpha value is -8.12. The van der Waals surface area contributed by atoms with E-state index in [0.29, 0.717) is 64.8 Å². The van der Waals surface area contributed by atoms with Crippen LogP contribution < -0.4 is 0 Å². The Labute approximate surface area is 389 Å². The molecule has 6 aromatic rings. The van der Waals surface area contributed by atoms with Gasteiger partial charge in [0.15, 0.2) is 0 Å². The summed E-state index contributed by atoms with van der Waals surface area (Å²) in [6.07, 6.45) is 4.23. The minimum atomic E-state index is -0.677. The van der Waals surface area contributed by atoms with Crippen LogP contribution in [0, 0.1) is 0 Å². The molecule has 6 aromatic carbocycles. The molecule has 0 atom stereocenters. The lowest BCUT2D eigenvalue weighted by molar-refractivity contribution is 0.0502. The van der Waals surface area contributed by atoms with E-state index in [1.54, 1.807) is 128 Å². The topological polar surface area (TPSA) is 155 Å². The molecular weight excluding hydrogens is 845 g/mol. The molecule has 0 spiro atoms. The van der Waals surface area contributed by atoms with Gasteiger partial charge in [-0.2, -0.15) is 0 Å². The van der Waals surface area contributed by atoms with Crippen LogP contribution >= 0.6 is 0 Å². The second-order valence-electron chi connectivity index (χ2n) is 15.8. The van der Waals surface area contributed by atoms with E-state index >= 15 is 0 Å². The number of carbonyl (C=O) groups excluding carboxylic acids is 4. The van der Waals surface area contributed by atoms with Gasteiger partial charge < -0.3 is 19.4 Å². The van der Waals surface area contributed by atoms with Crippen molar-refractivity contribution in [2.45, 2.75) is 71.6 Å². The first-order chi connectivity index (χ1) is 32.7. The van der Waals surface area contributed by atoms with E-state index in [1.807, 2.05) is 36.4 Å². The number of carbonyl (C=O) groups is 4. The Morgan fingerprint density at radius 2 is 0.806 bits per heavy atom. The van der Waals surface area contributed by atoms with Gasteiger partial charge in [-0.25, -0.2) is 19.2 Å². The summed E-state index contributed by atoms with van der Waals surface area (Å²) in [6, 6.07) is 45.9. The van der Waals surface area contributed by atoms with Gasteiger partial charge in [-0.15, -0.1) is 0 Å². The molecule has 0 radical (unpaired) electrons. The normalized spacial score (nSPS) is 13.3.